The molecule has 0 radical (unpaired) electrons. The molecule has 1 N–H and O–H groups in total. The molecule has 32 heavy (non-hydrogen) atoms. The summed E-state index contributed by atoms with van der Waals surface area (Å²) in [6.07, 6.45) is 2.72. The van der Waals surface area contributed by atoms with Crippen molar-refractivity contribution in [1.29, 1.82) is 0 Å². The minimum absolute atomic E-state index is 0.0795. The van der Waals surface area contributed by atoms with E-state index >= 15 is 0 Å². The number of amides is 4. The van der Waals surface area contributed by atoms with E-state index < -0.39 is 29.7 Å². The fraction of sp³-hybridized carbons (Fsp3) is 0.182. The molecule has 4 amide bonds. The van der Waals surface area contributed by atoms with Crippen LogP contribution in [0.5, 0.6) is 0 Å². The molecular formula is C22H18ClFN5O3+. The van der Waals surface area contributed by atoms with Gasteiger partial charge >= 0.3 is 11.9 Å². The number of anilines is 1. The van der Waals surface area contributed by atoms with Gasteiger partial charge < -0.3 is 5.32 Å². The van der Waals surface area contributed by atoms with E-state index in [0.29, 0.717) is 16.3 Å². The van der Waals surface area contributed by atoms with Crippen molar-refractivity contribution in [3.8, 4) is 0 Å². The maximum atomic E-state index is 13.2. The van der Waals surface area contributed by atoms with E-state index in [0.717, 1.165) is 15.0 Å². The van der Waals surface area contributed by atoms with Crippen molar-refractivity contribution in [3.05, 3.63) is 64.4 Å². The molecule has 4 rings (SSSR count). The molecule has 1 atom stereocenters. The van der Waals surface area contributed by atoms with Crippen molar-refractivity contribution in [2.75, 3.05) is 11.9 Å². The van der Waals surface area contributed by atoms with Crippen molar-refractivity contribution < 1.29 is 23.3 Å². The molecular weight excluding hydrogens is 437 g/mol. The Morgan fingerprint density at radius 3 is 2.69 bits per heavy atom. The minimum atomic E-state index is -1.04. The van der Waals surface area contributed by atoms with Gasteiger partial charge in [-0.1, -0.05) is 29.8 Å². The highest BCUT2D eigenvalue weighted by Gasteiger charge is 2.48. The van der Waals surface area contributed by atoms with Gasteiger partial charge in [0, 0.05) is 10.7 Å². The molecule has 0 spiro atoms. The van der Waals surface area contributed by atoms with E-state index in [1.165, 1.54) is 36.7 Å². The summed E-state index contributed by atoms with van der Waals surface area (Å²) in [5, 5.41) is 3.19. The lowest BCUT2D eigenvalue weighted by atomic mass is 10.1. The Balaban J connectivity index is 1.62. The summed E-state index contributed by atoms with van der Waals surface area (Å²) in [5.41, 5.74) is 1.86. The Morgan fingerprint density at radius 2 is 1.94 bits per heavy atom. The van der Waals surface area contributed by atoms with Gasteiger partial charge in [0.15, 0.2) is 6.54 Å². The van der Waals surface area contributed by atoms with Crippen LogP contribution in [-0.4, -0.2) is 58.2 Å². The third kappa shape index (κ3) is 4.33. The summed E-state index contributed by atoms with van der Waals surface area (Å²) in [5.74, 6) is -1.40. The highest BCUT2D eigenvalue weighted by Crippen LogP contribution is 2.21. The topological polar surface area (TPSA) is 94.2 Å². The first-order valence-corrected chi connectivity index (χ1v) is 10.1. The predicted octanol–water partition coefficient (Wildman–Crippen LogP) is 2.82. The van der Waals surface area contributed by atoms with E-state index in [4.69, 9.17) is 11.6 Å². The van der Waals surface area contributed by atoms with Crippen LogP contribution in [0.1, 0.15) is 11.1 Å². The Labute approximate surface area is 187 Å². The minimum Gasteiger partial charge on any atom is -0.323 e. The lowest BCUT2D eigenvalue weighted by Gasteiger charge is -2.26. The van der Waals surface area contributed by atoms with E-state index in [-0.39, 0.29) is 18.9 Å². The fourth-order valence-electron chi connectivity index (χ4n) is 3.38. The average molecular weight is 455 g/mol. The highest BCUT2D eigenvalue weighted by molar-refractivity contribution is 6.31. The second-order valence-corrected chi connectivity index (χ2v) is 7.70. The number of amidine groups is 1. The first-order chi connectivity index (χ1) is 15.3. The van der Waals surface area contributed by atoms with Gasteiger partial charge in [0.1, 0.15) is 18.6 Å². The standard InChI is InChI=1S/C22H17ClFN5O3/c1-13-2-5-15(23)10-17(13)27-18(30)12-28-20-19(25-8-9-26-20)21(31)29(22(28)32)11-14-3-6-16(24)7-4-14/h2-10,19H,11-12H2,1H3/p+1. The third-order valence-corrected chi connectivity index (χ3v) is 5.26. The van der Waals surface area contributed by atoms with Crippen molar-refractivity contribution in [2.24, 2.45) is 9.98 Å². The highest BCUT2D eigenvalue weighted by atomic mass is 35.5. The Bertz CT molecular complexity index is 1210. The van der Waals surface area contributed by atoms with Gasteiger partial charge in [-0.3, -0.25) is 14.6 Å². The van der Waals surface area contributed by atoms with E-state index in [2.05, 4.69) is 15.3 Å². The van der Waals surface area contributed by atoms with Gasteiger partial charge in [-0.2, -0.15) is 9.48 Å². The van der Waals surface area contributed by atoms with Crippen LogP contribution < -0.4 is 5.32 Å². The number of carbonyl (C=O) groups excluding carboxylic acids is 3. The SMILES string of the molecule is Cc1ccc(Cl)cc1NC(=O)C[N+]1=C2N=CC=NC2C(=O)N(Cc2ccc(F)cc2)C1=O. The lowest BCUT2D eigenvalue weighted by Crippen LogP contribution is -2.57. The van der Waals surface area contributed by atoms with E-state index in [1.54, 1.807) is 18.2 Å². The van der Waals surface area contributed by atoms with Crippen LogP contribution in [0.4, 0.5) is 14.9 Å². The first kappa shape index (κ1) is 21.5. The van der Waals surface area contributed by atoms with Gasteiger partial charge in [0.25, 0.3) is 11.7 Å². The number of nitrogens with one attached hydrogen (secondary N) is 1. The van der Waals surface area contributed by atoms with Crippen LogP contribution in [0.15, 0.2) is 52.4 Å². The quantitative estimate of drug-likeness (QED) is 0.704. The number of aryl methyl sites for hydroxylation is 1. The van der Waals surface area contributed by atoms with Crippen molar-refractivity contribution in [2.45, 2.75) is 19.5 Å². The van der Waals surface area contributed by atoms with Crippen molar-refractivity contribution in [1.82, 2.24) is 4.90 Å². The van der Waals surface area contributed by atoms with Gasteiger partial charge in [0.2, 0.25) is 6.04 Å². The molecule has 0 saturated carbocycles. The summed E-state index contributed by atoms with van der Waals surface area (Å²) >= 11 is 6.01. The number of aliphatic imine (C=N–C) groups is 2. The zero-order chi connectivity index (χ0) is 22.8. The molecule has 2 aromatic rings. The molecule has 0 bridgehead atoms. The fourth-order valence-corrected chi connectivity index (χ4v) is 3.55. The monoisotopic (exact) mass is 454 g/mol. The summed E-state index contributed by atoms with van der Waals surface area (Å²) in [6.45, 7) is 1.34. The predicted molar refractivity (Wildman–Crippen MR) is 118 cm³/mol. The number of imide groups is 1. The summed E-state index contributed by atoms with van der Waals surface area (Å²) in [4.78, 5) is 48.1. The molecule has 162 valence electrons. The summed E-state index contributed by atoms with van der Waals surface area (Å²) < 4.78 is 14.4. The number of benzene rings is 2. The maximum Gasteiger partial charge on any atom is 0.446 e. The van der Waals surface area contributed by atoms with Crippen LogP contribution in [0.2, 0.25) is 5.02 Å². The van der Waals surface area contributed by atoms with E-state index in [1.807, 2.05) is 6.92 Å². The van der Waals surface area contributed by atoms with Crippen molar-refractivity contribution >= 4 is 53.4 Å². The first-order valence-electron chi connectivity index (χ1n) is 9.69. The Hall–Kier alpha value is -3.72. The summed E-state index contributed by atoms with van der Waals surface area (Å²) in [6, 6.07) is 8.77. The molecule has 2 aliphatic rings. The second-order valence-electron chi connectivity index (χ2n) is 7.26. The molecule has 2 aromatic carbocycles. The normalized spacial score (nSPS) is 17.6. The zero-order valence-corrected chi connectivity index (χ0v) is 17.7. The molecule has 1 unspecified atom stereocenters. The van der Waals surface area contributed by atoms with Crippen LogP contribution in [0.3, 0.4) is 0 Å². The molecule has 0 fully saturated rings. The largest absolute Gasteiger partial charge is 0.446 e. The van der Waals surface area contributed by atoms with Gasteiger partial charge in [0.05, 0.1) is 6.21 Å². The number of hydrogen-bond acceptors (Lipinski definition) is 5. The summed E-state index contributed by atoms with van der Waals surface area (Å²) in [7, 11) is 0. The van der Waals surface area contributed by atoms with Crippen LogP contribution >= 0.6 is 11.6 Å². The lowest BCUT2D eigenvalue weighted by molar-refractivity contribution is -0.429. The smallest absolute Gasteiger partial charge is 0.323 e. The number of urea groups is 1. The maximum absolute atomic E-state index is 13.2. The number of fused-ring (bicyclic) bond motifs is 1. The van der Waals surface area contributed by atoms with Crippen molar-refractivity contribution in [3.63, 3.8) is 0 Å². The third-order valence-electron chi connectivity index (χ3n) is 5.02. The molecule has 0 aromatic heterocycles. The van der Waals surface area contributed by atoms with E-state index in [9.17, 15) is 18.8 Å². The van der Waals surface area contributed by atoms with Gasteiger partial charge in [-0.05, 0) is 42.3 Å². The molecule has 0 aliphatic carbocycles. The van der Waals surface area contributed by atoms with Gasteiger partial charge in [-0.25, -0.2) is 9.18 Å². The number of nitrogens with zero attached hydrogens (tertiary/aromatic N) is 4. The Kier molecular flexibility index (Phi) is 5.91. The second kappa shape index (κ2) is 8.80. The molecule has 2 aliphatic heterocycles. The van der Waals surface area contributed by atoms with Gasteiger partial charge in [-0.15, -0.1) is 4.99 Å². The number of halogens is 2. The number of carbonyl (C=O) groups is 3. The number of hydrogen-bond donors (Lipinski definition) is 1. The zero-order valence-electron chi connectivity index (χ0n) is 17.0. The van der Waals surface area contributed by atoms with Crippen LogP contribution in [0.25, 0.3) is 0 Å². The molecule has 2 heterocycles. The Morgan fingerprint density at radius 1 is 1.19 bits per heavy atom. The van der Waals surface area contributed by atoms with Crippen LogP contribution in [0, 0.1) is 12.7 Å². The molecule has 0 saturated heterocycles. The van der Waals surface area contributed by atoms with Crippen LogP contribution in [-0.2, 0) is 16.1 Å². The average Bonchev–Trinajstić information content (AvgIpc) is 2.78. The molecule has 10 heteroatoms. The number of rotatable bonds is 5. The molecule has 8 nitrogen and oxygen atoms in total.